The molecule has 10 nitrogen and oxygen atoms in total. The standard InChI is InChI=1S/C26H20N4O6/c1-32-18-10-7-15(12-20(18)33-2)23-22-21(17(13-27)24(28)36-25(22)30-29-23)14-5-8-16(9-6-14)35-26(31)19-4-3-11-34-19/h3-12,21H,28H2,1-2H3,(H,29,30)/t21-/m0/s1. The molecule has 0 bridgehead atoms. The number of H-pyrrole nitrogens is 1. The second-order valence-electron chi connectivity index (χ2n) is 7.75. The van der Waals surface area contributed by atoms with Crippen molar-refractivity contribution in [2.45, 2.75) is 5.92 Å². The number of esters is 1. The van der Waals surface area contributed by atoms with Crippen molar-refractivity contribution in [2.24, 2.45) is 5.73 Å². The Morgan fingerprint density at radius 2 is 1.89 bits per heavy atom. The van der Waals surface area contributed by atoms with Gasteiger partial charge in [-0.05, 0) is 48.0 Å². The van der Waals surface area contributed by atoms with Gasteiger partial charge in [0.2, 0.25) is 17.5 Å². The van der Waals surface area contributed by atoms with Crippen LogP contribution in [0.3, 0.4) is 0 Å². The molecule has 0 saturated heterocycles. The molecule has 0 spiro atoms. The van der Waals surface area contributed by atoms with Crippen LogP contribution >= 0.6 is 0 Å². The summed E-state index contributed by atoms with van der Waals surface area (Å²) >= 11 is 0. The predicted octanol–water partition coefficient (Wildman–Crippen LogP) is 4.12. The topological polar surface area (TPSA) is 146 Å². The van der Waals surface area contributed by atoms with Gasteiger partial charge in [-0.2, -0.15) is 5.26 Å². The minimum Gasteiger partial charge on any atom is -0.493 e. The van der Waals surface area contributed by atoms with Gasteiger partial charge in [-0.15, -0.1) is 5.10 Å². The van der Waals surface area contributed by atoms with Crippen molar-refractivity contribution < 1.29 is 28.2 Å². The maximum absolute atomic E-state index is 12.2. The van der Waals surface area contributed by atoms with Crippen LogP contribution in [0.4, 0.5) is 0 Å². The average molecular weight is 484 g/mol. The Labute approximate surface area is 205 Å². The third-order valence-corrected chi connectivity index (χ3v) is 5.76. The number of rotatable bonds is 6. The number of ether oxygens (including phenoxy) is 4. The molecule has 0 fully saturated rings. The first-order chi connectivity index (χ1) is 17.5. The molecule has 3 heterocycles. The summed E-state index contributed by atoms with van der Waals surface area (Å²) in [4.78, 5) is 12.2. The fraction of sp³-hybridized carbons (Fsp3) is 0.115. The molecular formula is C26H20N4O6. The molecule has 0 unspecified atom stereocenters. The van der Waals surface area contributed by atoms with E-state index in [1.54, 1.807) is 56.7 Å². The molecule has 4 aromatic rings. The third-order valence-electron chi connectivity index (χ3n) is 5.76. The normalized spacial score (nSPS) is 14.4. The van der Waals surface area contributed by atoms with Crippen LogP contribution in [0.15, 0.2) is 76.7 Å². The van der Waals surface area contributed by atoms with Crippen LogP contribution in [0.25, 0.3) is 11.3 Å². The van der Waals surface area contributed by atoms with Crippen molar-refractivity contribution in [1.29, 1.82) is 5.26 Å². The van der Waals surface area contributed by atoms with E-state index in [2.05, 4.69) is 16.3 Å². The molecule has 3 N–H and O–H groups in total. The highest BCUT2D eigenvalue weighted by Gasteiger charge is 2.35. The van der Waals surface area contributed by atoms with Gasteiger partial charge in [0.25, 0.3) is 0 Å². The first kappa shape index (κ1) is 22.6. The van der Waals surface area contributed by atoms with E-state index in [9.17, 15) is 10.1 Å². The van der Waals surface area contributed by atoms with Gasteiger partial charge in [-0.25, -0.2) is 4.79 Å². The highest BCUT2D eigenvalue weighted by atomic mass is 16.5. The molecule has 0 radical (unpaired) electrons. The molecule has 2 aromatic carbocycles. The lowest BCUT2D eigenvalue weighted by Crippen LogP contribution is -2.21. The summed E-state index contributed by atoms with van der Waals surface area (Å²) in [6.07, 6.45) is 1.39. The van der Waals surface area contributed by atoms with Crippen molar-refractivity contribution in [3.63, 3.8) is 0 Å². The smallest absolute Gasteiger partial charge is 0.379 e. The quantitative estimate of drug-likeness (QED) is 0.305. The van der Waals surface area contributed by atoms with E-state index in [1.165, 1.54) is 12.3 Å². The number of nitrogens with two attached hydrogens (primary N) is 1. The van der Waals surface area contributed by atoms with Crippen LogP contribution in [0, 0.1) is 11.3 Å². The first-order valence-electron chi connectivity index (χ1n) is 10.8. The zero-order chi connectivity index (χ0) is 25.2. The monoisotopic (exact) mass is 484 g/mol. The molecule has 36 heavy (non-hydrogen) atoms. The van der Waals surface area contributed by atoms with Crippen LogP contribution < -0.4 is 24.7 Å². The lowest BCUT2D eigenvalue weighted by Gasteiger charge is -2.24. The SMILES string of the molecule is COc1ccc(-c2[nH]nc3c2[C@@H](c2ccc(OC(=O)c4ccco4)cc2)C(C#N)=C(N)O3)cc1OC. The summed E-state index contributed by atoms with van der Waals surface area (Å²) in [5.41, 5.74) is 9.04. The number of fused-ring (bicyclic) bond motifs is 1. The van der Waals surface area contributed by atoms with Gasteiger partial charge in [0.05, 0.1) is 37.7 Å². The summed E-state index contributed by atoms with van der Waals surface area (Å²) in [5.74, 6) is 0.532. The molecule has 1 atom stereocenters. The molecule has 180 valence electrons. The molecular weight excluding hydrogens is 464 g/mol. The van der Waals surface area contributed by atoms with Gasteiger partial charge in [-0.3, -0.25) is 5.10 Å². The van der Waals surface area contributed by atoms with Crippen LogP contribution in [0.5, 0.6) is 23.1 Å². The van der Waals surface area contributed by atoms with Crippen LogP contribution in [-0.4, -0.2) is 30.4 Å². The number of benzene rings is 2. The minimum absolute atomic E-state index is 0.0336. The van der Waals surface area contributed by atoms with Gasteiger partial charge in [-0.1, -0.05) is 12.1 Å². The Morgan fingerprint density at radius 1 is 1.11 bits per heavy atom. The number of nitriles is 1. The number of aromatic amines is 1. The fourth-order valence-electron chi connectivity index (χ4n) is 4.07. The lowest BCUT2D eigenvalue weighted by atomic mass is 9.83. The van der Waals surface area contributed by atoms with E-state index >= 15 is 0 Å². The number of methoxy groups -OCH3 is 2. The zero-order valence-corrected chi connectivity index (χ0v) is 19.3. The lowest BCUT2D eigenvalue weighted by molar-refractivity contribution is 0.0701. The van der Waals surface area contributed by atoms with Gasteiger partial charge in [0.15, 0.2) is 11.5 Å². The molecule has 10 heteroatoms. The fourth-order valence-corrected chi connectivity index (χ4v) is 4.07. The maximum atomic E-state index is 12.2. The number of carbonyl (C=O) groups is 1. The minimum atomic E-state index is -0.617. The second kappa shape index (κ2) is 9.23. The second-order valence-corrected chi connectivity index (χ2v) is 7.75. The van der Waals surface area contributed by atoms with Crippen molar-refractivity contribution in [1.82, 2.24) is 10.2 Å². The largest absolute Gasteiger partial charge is 0.493 e. The van der Waals surface area contributed by atoms with Crippen molar-refractivity contribution >= 4 is 5.97 Å². The number of nitrogens with one attached hydrogen (secondary N) is 1. The maximum Gasteiger partial charge on any atom is 0.379 e. The first-order valence-corrected chi connectivity index (χ1v) is 10.8. The number of hydrogen-bond donors (Lipinski definition) is 2. The molecule has 0 aliphatic carbocycles. The number of nitrogens with zero attached hydrogens (tertiary/aromatic N) is 2. The average Bonchev–Trinajstić information content (AvgIpc) is 3.58. The molecule has 1 aliphatic heterocycles. The molecule has 2 aromatic heterocycles. The number of allylic oxidation sites excluding steroid dienone is 1. The molecule has 1 aliphatic rings. The van der Waals surface area contributed by atoms with Crippen LogP contribution in [0.1, 0.15) is 27.6 Å². The van der Waals surface area contributed by atoms with E-state index in [-0.39, 0.29) is 23.1 Å². The highest BCUT2D eigenvalue weighted by molar-refractivity contribution is 5.88. The summed E-state index contributed by atoms with van der Waals surface area (Å²) in [6, 6.07) is 17.5. The van der Waals surface area contributed by atoms with E-state index in [0.29, 0.717) is 28.5 Å². The van der Waals surface area contributed by atoms with Crippen molar-refractivity contribution in [3.8, 4) is 40.5 Å². The molecule has 5 rings (SSSR count). The third kappa shape index (κ3) is 3.88. The number of furan rings is 1. The van der Waals surface area contributed by atoms with Gasteiger partial charge in [0, 0.05) is 5.56 Å². The molecule has 0 saturated carbocycles. The summed E-state index contributed by atoms with van der Waals surface area (Å²) in [7, 11) is 3.11. The Hall–Kier alpha value is -5.17. The zero-order valence-electron chi connectivity index (χ0n) is 19.3. The van der Waals surface area contributed by atoms with E-state index in [0.717, 1.165) is 11.1 Å². The summed E-state index contributed by atoms with van der Waals surface area (Å²) < 4.78 is 26.9. The number of carbonyl (C=O) groups excluding carboxylic acids is 1. The number of aromatic nitrogens is 2. The Balaban J connectivity index is 1.55. The van der Waals surface area contributed by atoms with Gasteiger partial charge >= 0.3 is 5.97 Å². The van der Waals surface area contributed by atoms with Gasteiger partial charge in [0.1, 0.15) is 17.4 Å². The van der Waals surface area contributed by atoms with Crippen molar-refractivity contribution in [3.05, 3.63) is 89.2 Å². The highest BCUT2D eigenvalue weighted by Crippen LogP contribution is 2.46. The van der Waals surface area contributed by atoms with E-state index in [4.69, 9.17) is 29.1 Å². The van der Waals surface area contributed by atoms with Crippen LogP contribution in [-0.2, 0) is 0 Å². The Kier molecular flexibility index (Phi) is 5.80. The summed E-state index contributed by atoms with van der Waals surface area (Å²) in [6.45, 7) is 0. The van der Waals surface area contributed by atoms with Gasteiger partial charge < -0.3 is 29.1 Å². The number of hydrogen-bond acceptors (Lipinski definition) is 9. The Bertz CT molecular complexity index is 1500. The van der Waals surface area contributed by atoms with E-state index < -0.39 is 11.9 Å². The van der Waals surface area contributed by atoms with Crippen LogP contribution in [0.2, 0.25) is 0 Å². The predicted molar refractivity (Wildman–Crippen MR) is 127 cm³/mol. The summed E-state index contributed by atoms with van der Waals surface area (Å²) in [5, 5.41) is 17.2. The Morgan fingerprint density at radius 3 is 2.56 bits per heavy atom. The van der Waals surface area contributed by atoms with E-state index in [1.807, 2.05) is 6.07 Å². The molecule has 0 amide bonds. The van der Waals surface area contributed by atoms with Crippen molar-refractivity contribution in [2.75, 3.05) is 14.2 Å².